The van der Waals surface area contributed by atoms with Crippen molar-refractivity contribution in [3.05, 3.63) is 82.7 Å². The number of anilines is 2. The topological polar surface area (TPSA) is 76.0 Å². The van der Waals surface area contributed by atoms with Crippen molar-refractivity contribution in [2.75, 3.05) is 16.9 Å². The maximum atomic E-state index is 13.3. The van der Waals surface area contributed by atoms with Crippen molar-refractivity contribution in [3.8, 4) is 0 Å². The molecule has 1 aromatic heterocycles. The number of carbonyl (C=O) groups is 2. The van der Waals surface area contributed by atoms with Crippen LogP contribution in [0.25, 0.3) is 0 Å². The SMILES string of the molecule is CSc1ccc(C2C3=C(CC(C)(C)CC3=O)Nc3c(C(=O)Nc4ccc(C)cc4)cnn32)cc1. The zero-order valence-corrected chi connectivity index (χ0v) is 20.6. The Morgan fingerprint density at radius 3 is 2.50 bits per heavy atom. The van der Waals surface area contributed by atoms with Gasteiger partial charge < -0.3 is 10.6 Å². The highest BCUT2D eigenvalue weighted by Gasteiger charge is 2.42. The molecule has 174 valence electrons. The number of Topliss-reactive ketones (excluding diaryl/α,β-unsaturated/α-hetero) is 1. The number of ketones is 1. The third-order valence-electron chi connectivity index (χ3n) is 6.49. The van der Waals surface area contributed by atoms with Crippen LogP contribution in [0, 0.1) is 12.3 Å². The van der Waals surface area contributed by atoms with Gasteiger partial charge in [-0.05, 0) is 54.8 Å². The highest BCUT2D eigenvalue weighted by atomic mass is 32.2. The van der Waals surface area contributed by atoms with E-state index in [9.17, 15) is 9.59 Å². The highest BCUT2D eigenvalue weighted by molar-refractivity contribution is 7.98. The number of nitrogens with zero attached hydrogens (tertiary/aromatic N) is 2. The van der Waals surface area contributed by atoms with Gasteiger partial charge in [-0.3, -0.25) is 9.59 Å². The molecular weight excluding hydrogens is 444 g/mol. The zero-order valence-electron chi connectivity index (χ0n) is 19.8. The fraction of sp³-hybridized carbons (Fsp3) is 0.296. The number of aryl methyl sites for hydroxylation is 1. The number of hydrogen-bond donors (Lipinski definition) is 2. The molecule has 6 nitrogen and oxygen atoms in total. The Hall–Kier alpha value is -3.32. The molecule has 0 saturated carbocycles. The van der Waals surface area contributed by atoms with Crippen LogP contribution in [0.1, 0.15) is 54.2 Å². The van der Waals surface area contributed by atoms with E-state index in [4.69, 9.17) is 0 Å². The average molecular weight is 473 g/mol. The maximum Gasteiger partial charge on any atom is 0.261 e. The lowest BCUT2D eigenvalue weighted by molar-refractivity contribution is -0.118. The lowest BCUT2D eigenvalue weighted by atomic mass is 9.73. The summed E-state index contributed by atoms with van der Waals surface area (Å²) in [6.45, 7) is 6.22. The Kier molecular flexibility index (Phi) is 5.60. The van der Waals surface area contributed by atoms with Crippen molar-refractivity contribution < 1.29 is 9.59 Å². The van der Waals surface area contributed by atoms with Gasteiger partial charge in [0.25, 0.3) is 5.91 Å². The average Bonchev–Trinajstić information content (AvgIpc) is 3.22. The minimum absolute atomic E-state index is 0.129. The van der Waals surface area contributed by atoms with Crippen molar-refractivity contribution in [1.82, 2.24) is 9.78 Å². The van der Waals surface area contributed by atoms with Crippen LogP contribution >= 0.6 is 11.8 Å². The second-order valence-electron chi connectivity index (χ2n) is 9.81. The molecular formula is C27H28N4O2S. The lowest BCUT2D eigenvalue weighted by Crippen LogP contribution is -2.37. The molecule has 1 aliphatic carbocycles. The van der Waals surface area contributed by atoms with E-state index in [1.54, 1.807) is 22.6 Å². The van der Waals surface area contributed by atoms with Gasteiger partial charge >= 0.3 is 0 Å². The van der Waals surface area contributed by atoms with Crippen LogP contribution in [0.5, 0.6) is 0 Å². The number of carbonyl (C=O) groups excluding carboxylic acids is 2. The van der Waals surface area contributed by atoms with Crippen LogP contribution in [-0.2, 0) is 4.79 Å². The number of rotatable bonds is 4. The Morgan fingerprint density at radius 2 is 1.82 bits per heavy atom. The molecule has 1 atom stereocenters. The minimum atomic E-state index is -0.369. The molecule has 0 fully saturated rings. The number of thioether (sulfide) groups is 1. The number of allylic oxidation sites excluding steroid dienone is 2. The molecule has 5 rings (SSSR count). The van der Waals surface area contributed by atoms with Gasteiger partial charge in [-0.15, -0.1) is 11.8 Å². The van der Waals surface area contributed by atoms with Crippen LogP contribution in [-0.4, -0.2) is 27.7 Å². The first-order chi connectivity index (χ1) is 16.3. The van der Waals surface area contributed by atoms with Gasteiger partial charge in [0.2, 0.25) is 0 Å². The molecule has 0 saturated heterocycles. The van der Waals surface area contributed by atoms with Crippen LogP contribution < -0.4 is 10.6 Å². The number of hydrogen-bond acceptors (Lipinski definition) is 5. The molecule has 7 heteroatoms. The Morgan fingerprint density at radius 1 is 1.12 bits per heavy atom. The number of benzene rings is 2. The molecule has 34 heavy (non-hydrogen) atoms. The fourth-order valence-electron chi connectivity index (χ4n) is 4.81. The van der Waals surface area contributed by atoms with Crippen molar-refractivity contribution in [1.29, 1.82) is 0 Å². The molecule has 2 N–H and O–H groups in total. The van der Waals surface area contributed by atoms with Crippen LogP contribution in [0.4, 0.5) is 11.5 Å². The quantitative estimate of drug-likeness (QED) is 0.468. The van der Waals surface area contributed by atoms with Gasteiger partial charge in [0.15, 0.2) is 5.78 Å². The number of nitrogens with one attached hydrogen (secondary N) is 2. The predicted molar refractivity (Wildman–Crippen MR) is 136 cm³/mol. The summed E-state index contributed by atoms with van der Waals surface area (Å²) < 4.78 is 1.78. The van der Waals surface area contributed by atoms with E-state index in [2.05, 4.69) is 53.8 Å². The molecule has 1 aliphatic heterocycles. The van der Waals surface area contributed by atoms with Gasteiger partial charge in [0.05, 0.1) is 6.20 Å². The second kappa shape index (κ2) is 8.47. The van der Waals surface area contributed by atoms with Crippen molar-refractivity contribution in [3.63, 3.8) is 0 Å². The first-order valence-electron chi connectivity index (χ1n) is 11.4. The molecule has 3 aromatic rings. The minimum Gasteiger partial charge on any atom is -0.343 e. The van der Waals surface area contributed by atoms with Crippen molar-refractivity contribution >= 4 is 35.0 Å². The summed E-state index contributed by atoms with van der Waals surface area (Å²) in [5, 5.41) is 11.0. The van der Waals surface area contributed by atoms with Gasteiger partial charge in [-0.25, -0.2) is 4.68 Å². The monoisotopic (exact) mass is 472 g/mol. The fourth-order valence-corrected chi connectivity index (χ4v) is 5.22. The summed E-state index contributed by atoms with van der Waals surface area (Å²) in [6, 6.07) is 15.6. The summed E-state index contributed by atoms with van der Waals surface area (Å²) in [6.07, 6.45) is 4.85. The summed E-state index contributed by atoms with van der Waals surface area (Å²) in [5.41, 5.74) is 4.77. The molecule has 0 spiro atoms. The van der Waals surface area contributed by atoms with E-state index in [-0.39, 0.29) is 23.1 Å². The van der Waals surface area contributed by atoms with E-state index in [0.717, 1.165) is 39.4 Å². The van der Waals surface area contributed by atoms with E-state index >= 15 is 0 Å². The molecule has 2 aliphatic rings. The standard InChI is InChI=1S/C27H28N4O2S/c1-16-5-9-18(10-6-16)29-26(33)20-15-28-31-24(17-7-11-19(34-4)12-8-17)23-21(30-25(20)31)13-27(2,3)14-22(23)32/h5-12,15,24,30H,13-14H2,1-4H3,(H,29,33). The van der Waals surface area contributed by atoms with Crippen LogP contribution in [0.15, 0.2) is 70.9 Å². The van der Waals surface area contributed by atoms with E-state index < -0.39 is 0 Å². The Bertz CT molecular complexity index is 1300. The van der Waals surface area contributed by atoms with Gasteiger partial charge in [-0.2, -0.15) is 5.10 Å². The van der Waals surface area contributed by atoms with E-state index in [1.807, 2.05) is 37.4 Å². The van der Waals surface area contributed by atoms with E-state index in [0.29, 0.717) is 17.8 Å². The molecule has 1 amide bonds. The predicted octanol–water partition coefficient (Wildman–Crippen LogP) is 5.82. The Balaban J connectivity index is 1.58. The highest BCUT2D eigenvalue weighted by Crippen LogP contribution is 2.46. The second-order valence-corrected chi connectivity index (χ2v) is 10.7. The Labute approximate surface area is 203 Å². The first-order valence-corrected chi connectivity index (χ1v) is 12.6. The van der Waals surface area contributed by atoms with Gasteiger partial charge in [0, 0.05) is 28.3 Å². The normalized spacial score (nSPS) is 18.7. The molecule has 2 heterocycles. The summed E-state index contributed by atoms with van der Waals surface area (Å²) in [7, 11) is 0. The van der Waals surface area contributed by atoms with Crippen molar-refractivity contribution in [2.45, 2.75) is 44.6 Å². The van der Waals surface area contributed by atoms with Gasteiger partial charge in [-0.1, -0.05) is 43.7 Å². The molecule has 1 unspecified atom stereocenters. The molecule has 0 bridgehead atoms. The first kappa shape index (κ1) is 22.5. The van der Waals surface area contributed by atoms with Crippen LogP contribution in [0.3, 0.4) is 0 Å². The zero-order chi connectivity index (χ0) is 24.0. The lowest BCUT2D eigenvalue weighted by Gasteiger charge is -2.39. The maximum absolute atomic E-state index is 13.3. The third-order valence-corrected chi connectivity index (χ3v) is 7.23. The van der Waals surface area contributed by atoms with Crippen molar-refractivity contribution in [2.24, 2.45) is 5.41 Å². The molecule has 2 aromatic carbocycles. The third kappa shape index (κ3) is 4.05. The summed E-state index contributed by atoms with van der Waals surface area (Å²) in [4.78, 5) is 27.7. The van der Waals surface area contributed by atoms with Crippen LogP contribution in [0.2, 0.25) is 0 Å². The molecule has 0 radical (unpaired) electrons. The summed E-state index contributed by atoms with van der Waals surface area (Å²) in [5.74, 6) is 0.511. The number of amides is 1. The smallest absolute Gasteiger partial charge is 0.261 e. The van der Waals surface area contributed by atoms with Gasteiger partial charge in [0.1, 0.15) is 17.4 Å². The largest absolute Gasteiger partial charge is 0.343 e. The number of aromatic nitrogens is 2. The van der Waals surface area contributed by atoms with E-state index in [1.165, 1.54) is 0 Å². The number of fused-ring (bicyclic) bond motifs is 1. The summed E-state index contributed by atoms with van der Waals surface area (Å²) >= 11 is 1.68.